The van der Waals surface area contributed by atoms with Crippen LogP contribution in [-0.2, 0) is 0 Å². The van der Waals surface area contributed by atoms with Crippen molar-refractivity contribution in [3.63, 3.8) is 0 Å². The van der Waals surface area contributed by atoms with Crippen LogP contribution >= 0.6 is 0 Å². The van der Waals surface area contributed by atoms with Crippen LogP contribution in [0.25, 0.3) is 0 Å². The van der Waals surface area contributed by atoms with E-state index in [1.54, 1.807) is 0 Å². The van der Waals surface area contributed by atoms with Crippen LogP contribution in [-0.4, -0.2) is 37.1 Å². The molecule has 0 heterocycles. The molecule has 0 unspecified atom stereocenters. The number of nitrogens with one attached hydrogen (secondary N) is 1. The van der Waals surface area contributed by atoms with Crippen molar-refractivity contribution in [1.82, 2.24) is 10.2 Å². The Morgan fingerprint density at radius 1 is 0.944 bits per heavy atom. The molecule has 18 heavy (non-hydrogen) atoms. The van der Waals surface area contributed by atoms with Crippen molar-refractivity contribution in [2.24, 2.45) is 0 Å². The molecule has 1 aliphatic rings. The summed E-state index contributed by atoms with van der Waals surface area (Å²) in [4.78, 5) is 2.74. The molecule has 0 spiro atoms. The van der Waals surface area contributed by atoms with Crippen LogP contribution in [0.5, 0.6) is 0 Å². The SMILES string of the molecule is CCNCCCCCCN(CC)C1CCCCC1. The lowest BCUT2D eigenvalue weighted by molar-refractivity contribution is 0.160. The van der Waals surface area contributed by atoms with E-state index in [1.807, 2.05) is 0 Å². The molecule has 0 saturated heterocycles. The van der Waals surface area contributed by atoms with Gasteiger partial charge in [-0.1, -0.05) is 46.0 Å². The summed E-state index contributed by atoms with van der Waals surface area (Å²) in [6.07, 6.45) is 12.9. The molecule has 0 amide bonds. The molecule has 1 N–H and O–H groups in total. The fourth-order valence-corrected chi connectivity index (χ4v) is 3.14. The van der Waals surface area contributed by atoms with Gasteiger partial charge in [0.15, 0.2) is 0 Å². The van der Waals surface area contributed by atoms with E-state index in [4.69, 9.17) is 0 Å². The topological polar surface area (TPSA) is 15.3 Å². The number of unbranched alkanes of at least 4 members (excludes halogenated alkanes) is 3. The number of nitrogens with zero attached hydrogens (tertiary/aromatic N) is 1. The minimum atomic E-state index is 0.908. The second-order valence-corrected chi connectivity index (χ2v) is 5.69. The molecule has 2 nitrogen and oxygen atoms in total. The molecule has 0 bridgehead atoms. The van der Waals surface area contributed by atoms with Crippen molar-refractivity contribution in [2.75, 3.05) is 26.2 Å². The van der Waals surface area contributed by atoms with Crippen LogP contribution in [0.3, 0.4) is 0 Å². The molecule has 1 aliphatic carbocycles. The largest absolute Gasteiger partial charge is 0.317 e. The molecule has 0 aromatic rings. The standard InChI is InChI=1S/C16H34N2/c1-3-17-14-10-5-6-11-15-18(4-2)16-12-8-7-9-13-16/h16-17H,3-15H2,1-2H3. The molecule has 0 aromatic heterocycles. The van der Waals surface area contributed by atoms with Crippen molar-refractivity contribution in [2.45, 2.75) is 77.7 Å². The monoisotopic (exact) mass is 254 g/mol. The van der Waals surface area contributed by atoms with E-state index < -0.39 is 0 Å². The zero-order valence-electron chi connectivity index (χ0n) is 12.7. The average molecular weight is 254 g/mol. The maximum absolute atomic E-state index is 3.40. The molecular formula is C16H34N2. The van der Waals surface area contributed by atoms with Gasteiger partial charge in [-0.3, -0.25) is 0 Å². The van der Waals surface area contributed by atoms with Gasteiger partial charge in [-0.05, 0) is 51.9 Å². The molecule has 1 rings (SSSR count). The van der Waals surface area contributed by atoms with Gasteiger partial charge in [-0.15, -0.1) is 0 Å². The van der Waals surface area contributed by atoms with Crippen LogP contribution in [0.1, 0.15) is 71.6 Å². The van der Waals surface area contributed by atoms with E-state index in [-0.39, 0.29) is 0 Å². The van der Waals surface area contributed by atoms with Gasteiger partial charge in [0.25, 0.3) is 0 Å². The summed E-state index contributed by atoms with van der Waals surface area (Å²) in [6, 6.07) is 0.908. The lowest BCUT2D eigenvalue weighted by Gasteiger charge is -2.33. The first-order valence-corrected chi connectivity index (χ1v) is 8.33. The zero-order chi connectivity index (χ0) is 13.1. The van der Waals surface area contributed by atoms with Crippen molar-refractivity contribution >= 4 is 0 Å². The maximum Gasteiger partial charge on any atom is 0.00951 e. The van der Waals surface area contributed by atoms with Gasteiger partial charge in [-0.2, -0.15) is 0 Å². The summed E-state index contributed by atoms with van der Waals surface area (Å²) in [5, 5.41) is 3.40. The predicted molar refractivity (Wildman–Crippen MR) is 81.1 cm³/mol. The predicted octanol–water partition coefficient (Wildman–Crippen LogP) is 3.81. The highest BCUT2D eigenvalue weighted by atomic mass is 15.1. The Morgan fingerprint density at radius 3 is 2.33 bits per heavy atom. The summed E-state index contributed by atoms with van der Waals surface area (Å²) in [6.45, 7) is 9.43. The third kappa shape index (κ3) is 6.75. The van der Waals surface area contributed by atoms with Crippen LogP contribution in [0.4, 0.5) is 0 Å². The van der Waals surface area contributed by atoms with Gasteiger partial charge in [0.1, 0.15) is 0 Å². The molecule has 1 fully saturated rings. The van der Waals surface area contributed by atoms with Gasteiger partial charge in [0.05, 0.1) is 0 Å². The average Bonchev–Trinajstić information content (AvgIpc) is 2.43. The van der Waals surface area contributed by atoms with E-state index in [0.29, 0.717) is 0 Å². The second kappa shape index (κ2) is 10.8. The first-order valence-electron chi connectivity index (χ1n) is 8.33. The fourth-order valence-electron chi connectivity index (χ4n) is 3.14. The molecule has 108 valence electrons. The van der Waals surface area contributed by atoms with Crippen molar-refractivity contribution in [1.29, 1.82) is 0 Å². The Kier molecular flexibility index (Phi) is 9.59. The van der Waals surface area contributed by atoms with E-state index in [9.17, 15) is 0 Å². The highest BCUT2D eigenvalue weighted by Gasteiger charge is 2.18. The number of rotatable bonds is 10. The van der Waals surface area contributed by atoms with E-state index >= 15 is 0 Å². The van der Waals surface area contributed by atoms with E-state index in [2.05, 4.69) is 24.1 Å². The van der Waals surface area contributed by atoms with Crippen LogP contribution < -0.4 is 5.32 Å². The van der Waals surface area contributed by atoms with E-state index in [1.165, 1.54) is 77.4 Å². The lowest BCUT2D eigenvalue weighted by Crippen LogP contribution is -2.37. The lowest BCUT2D eigenvalue weighted by atomic mass is 9.94. The summed E-state index contributed by atoms with van der Waals surface area (Å²) in [5.74, 6) is 0. The van der Waals surface area contributed by atoms with Crippen molar-refractivity contribution < 1.29 is 0 Å². The maximum atomic E-state index is 3.40. The van der Waals surface area contributed by atoms with Gasteiger partial charge in [-0.25, -0.2) is 0 Å². The van der Waals surface area contributed by atoms with Crippen LogP contribution in [0.15, 0.2) is 0 Å². The molecular weight excluding hydrogens is 220 g/mol. The summed E-state index contributed by atoms with van der Waals surface area (Å²) < 4.78 is 0. The fraction of sp³-hybridized carbons (Fsp3) is 1.00. The Labute approximate surface area is 115 Å². The zero-order valence-corrected chi connectivity index (χ0v) is 12.7. The molecule has 1 saturated carbocycles. The first-order chi connectivity index (χ1) is 8.88. The van der Waals surface area contributed by atoms with Gasteiger partial charge in [0, 0.05) is 6.04 Å². The summed E-state index contributed by atoms with van der Waals surface area (Å²) >= 11 is 0. The molecule has 0 atom stereocenters. The van der Waals surface area contributed by atoms with Gasteiger partial charge >= 0.3 is 0 Å². The molecule has 0 aromatic carbocycles. The normalized spacial score (nSPS) is 17.5. The first kappa shape index (κ1) is 16.0. The third-order valence-corrected chi connectivity index (χ3v) is 4.30. The smallest absolute Gasteiger partial charge is 0.00951 e. The van der Waals surface area contributed by atoms with Crippen LogP contribution in [0, 0.1) is 0 Å². The number of hydrogen-bond acceptors (Lipinski definition) is 2. The molecule has 0 aliphatic heterocycles. The third-order valence-electron chi connectivity index (χ3n) is 4.30. The minimum Gasteiger partial charge on any atom is -0.317 e. The Morgan fingerprint density at radius 2 is 1.67 bits per heavy atom. The molecule has 2 heteroatoms. The minimum absolute atomic E-state index is 0.908. The Bertz CT molecular complexity index is 176. The van der Waals surface area contributed by atoms with Crippen molar-refractivity contribution in [3.05, 3.63) is 0 Å². The Balaban J connectivity index is 2.00. The Hall–Kier alpha value is -0.0800. The summed E-state index contributed by atoms with van der Waals surface area (Å²) in [5.41, 5.74) is 0. The summed E-state index contributed by atoms with van der Waals surface area (Å²) in [7, 11) is 0. The van der Waals surface area contributed by atoms with Crippen molar-refractivity contribution in [3.8, 4) is 0 Å². The van der Waals surface area contributed by atoms with E-state index in [0.717, 1.165) is 12.6 Å². The second-order valence-electron chi connectivity index (χ2n) is 5.69. The van der Waals surface area contributed by atoms with Crippen LogP contribution in [0.2, 0.25) is 0 Å². The quantitative estimate of drug-likeness (QED) is 0.596. The number of hydrogen-bond donors (Lipinski definition) is 1. The van der Waals surface area contributed by atoms with Gasteiger partial charge < -0.3 is 10.2 Å². The highest BCUT2D eigenvalue weighted by Crippen LogP contribution is 2.22. The highest BCUT2D eigenvalue weighted by molar-refractivity contribution is 4.74. The van der Waals surface area contributed by atoms with Gasteiger partial charge in [0.2, 0.25) is 0 Å². The molecule has 0 radical (unpaired) electrons.